The predicted molar refractivity (Wildman–Crippen MR) is 73.3 cm³/mol. The van der Waals surface area contributed by atoms with Crippen molar-refractivity contribution < 1.29 is 13.2 Å². The van der Waals surface area contributed by atoms with Gasteiger partial charge in [-0.2, -0.15) is 0 Å². The van der Waals surface area contributed by atoms with Gasteiger partial charge in [-0.3, -0.25) is 0 Å². The van der Waals surface area contributed by atoms with Gasteiger partial charge in [-0.15, -0.1) is 11.6 Å². The maximum atomic E-state index is 11.6. The number of halogens is 1. The molecule has 0 saturated heterocycles. The lowest BCUT2D eigenvalue weighted by atomic mass is 10.1. The predicted octanol–water partition coefficient (Wildman–Crippen LogP) is 1.92. The Labute approximate surface area is 113 Å². The molecule has 1 unspecified atom stereocenters. The maximum Gasteiger partial charge on any atom is 0.211 e. The van der Waals surface area contributed by atoms with Gasteiger partial charge in [0.1, 0.15) is 0 Å². The zero-order valence-electron chi connectivity index (χ0n) is 10.3. The number of nitrogens with one attached hydrogen (secondary N) is 1. The van der Waals surface area contributed by atoms with Crippen LogP contribution >= 0.6 is 11.6 Å². The molecule has 0 aliphatic carbocycles. The van der Waals surface area contributed by atoms with E-state index in [2.05, 4.69) is 4.72 Å². The van der Waals surface area contributed by atoms with Crippen molar-refractivity contribution in [2.45, 2.75) is 11.8 Å². The Bertz CT molecular complexity index is 436. The molecule has 1 atom stereocenters. The standard InChI is InChI=1S/C12H18ClNO3S/c1-17-8-5-9-18(15,16)14-10-12(13)11-6-3-2-4-7-11/h2-4,6-7,12,14H,5,8-10H2,1H3. The second-order valence-electron chi connectivity index (χ2n) is 3.89. The Morgan fingerprint density at radius 3 is 2.61 bits per heavy atom. The Morgan fingerprint density at radius 2 is 2.00 bits per heavy atom. The van der Waals surface area contributed by atoms with Crippen LogP contribution in [-0.2, 0) is 14.8 Å². The fourth-order valence-electron chi connectivity index (χ4n) is 1.45. The molecule has 0 spiro atoms. The summed E-state index contributed by atoms with van der Waals surface area (Å²) in [6.45, 7) is 0.630. The first kappa shape index (κ1) is 15.4. The number of ether oxygens (including phenoxy) is 1. The summed E-state index contributed by atoms with van der Waals surface area (Å²) in [6, 6.07) is 9.38. The van der Waals surface area contributed by atoms with Crippen molar-refractivity contribution in [1.82, 2.24) is 4.72 Å². The van der Waals surface area contributed by atoms with E-state index in [0.29, 0.717) is 13.0 Å². The molecule has 0 aliphatic rings. The number of methoxy groups -OCH3 is 1. The monoisotopic (exact) mass is 291 g/mol. The minimum Gasteiger partial charge on any atom is -0.385 e. The van der Waals surface area contributed by atoms with Crippen molar-refractivity contribution in [3.8, 4) is 0 Å². The molecule has 4 nitrogen and oxygen atoms in total. The van der Waals surface area contributed by atoms with E-state index in [0.717, 1.165) is 5.56 Å². The topological polar surface area (TPSA) is 55.4 Å². The second-order valence-corrected chi connectivity index (χ2v) is 6.35. The van der Waals surface area contributed by atoms with Crippen molar-refractivity contribution in [2.75, 3.05) is 26.0 Å². The van der Waals surface area contributed by atoms with Crippen molar-refractivity contribution in [3.63, 3.8) is 0 Å². The fraction of sp³-hybridized carbons (Fsp3) is 0.500. The third-order valence-corrected chi connectivity index (χ3v) is 4.24. The highest BCUT2D eigenvalue weighted by molar-refractivity contribution is 7.89. The van der Waals surface area contributed by atoms with Crippen LogP contribution in [0.2, 0.25) is 0 Å². The molecule has 6 heteroatoms. The third kappa shape index (κ3) is 5.82. The summed E-state index contributed by atoms with van der Waals surface area (Å²) >= 11 is 6.12. The van der Waals surface area contributed by atoms with Crippen molar-refractivity contribution in [3.05, 3.63) is 35.9 Å². The van der Waals surface area contributed by atoms with Gasteiger partial charge in [-0.1, -0.05) is 30.3 Å². The molecule has 1 rings (SSSR count). The Kier molecular flexibility index (Phi) is 6.63. The molecule has 0 amide bonds. The fourth-order valence-corrected chi connectivity index (χ4v) is 2.82. The zero-order valence-corrected chi connectivity index (χ0v) is 11.9. The first-order valence-electron chi connectivity index (χ1n) is 5.70. The largest absolute Gasteiger partial charge is 0.385 e. The molecule has 0 saturated carbocycles. The summed E-state index contributed by atoms with van der Waals surface area (Å²) in [7, 11) is -1.73. The van der Waals surface area contributed by atoms with Gasteiger partial charge in [0.2, 0.25) is 10.0 Å². The first-order valence-corrected chi connectivity index (χ1v) is 7.79. The van der Waals surface area contributed by atoms with E-state index in [4.69, 9.17) is 16.3 Å². The summed E-state index contributed by atoms with van der Waals surface area (Å²) < 4.78 is 30.5. The molecule has 0 bridgehead atoms. The second kappa shape index (κ2) is 7.74. The lowest BCUT2D eigenvalue weighted by Gasteiger charge is -2.11. The van der Waals surface area contributed by atoms with E-state index in [1.165, 1.54) is 0 Å². The Balaban J connectivity index is 2.40. The van der Waals surface area contributed by atoms with Crippen molar-refractivity contribution in [2.24, 2.45) is 0 Å². The lowest BCUT2D eigenvalue weighted by molar-refractivity contribution is 0.199. The normalized spacial score (nSPS) is 13.4. The number of rotatable bonds is 8. The minimum absolute atomic E-state index is 0.0548. The van der Waals surface area contributed by atoms with Gasteiger partial charge in [-0.25, -0.2) is 13.1 Å². The highest BCUT2D eigenvalue weighted by Gasteiger charge is 2.13. The molecule has 0 aliphatic heterocycles. The molecule has 0 fully saturated rings. The summed E-state index contributed by atoms with van der Waals surface area (Å²) in [5, 5.41) is -0.358. The lowest BCUT2D eigenvalue weighted by Crippen LogP contribution is -2.29. The molecular weight excluding hydrogens is 274 g/mol. The number of alkyl halides is 1. The van der Waals surface area contributed by atoms with Gasteiger partial charge in [0.25, 0.3) is 0 Å². The van der Waals surface area contributed by atoms with E-state index >= 15 is 0 Å². The van der Waals surface area contributed by atoms with Crippen LogP contribution in [0, 0.1) is 0 Å². The summed E-state index contributed by atoms with van der Waals surface area (Å²) in [5.74, 6) is 0.0548. The van der Waals surface area contributed by atoms with Gasteiger partial charge >= 0.3 is 0 Å². The number of benzene rings is 1. The third-order valence-electron chi connectivity index (χ3n) is 2.41. The highest BCUT2D eigenvalue weighted by Crippen LogP contribution is 2.18. The van der Waals surface area contributed by atoms with Crippen LogP contribution in [0.1, 0.15) is 17.4 Å². The summed E-state index contributed by atoms with van der Waals surface area (Å²) in [6.07, 6.45) is 0.476. The van der Waals surface area contributed by atoms with E-state index in [1.54, 1.807) is 7.11 Å². The maximum absolute atomic E-state index is 11.6. The molecule has 1 N–H and O–H groups in total. The van der Waals surface area contributed by atoms with Crippen LogP contribution < -0.4 is 4.72 Å². The van der Waals surface area contributed by atoms with Gasteiger partial charge in [0, 0.05) is 20.3 Å². The van der Waals surface area contributed by atoms with E-state index < -0.39 is 10.0 Å². The van der Waals surface area contributed by atoms with Crippen LogP contribution in [0.15, 0.2) is 30.3 Å². The number of sulfonamides is 1. The van der Waals surface area contributed by atoms with Crippen LogP contribution in [0.4, 0.5) is 0 Å². The molecule has 102 valence electrons. The first-order chi connectivity index (χ1) is 8.55. The summed E-state index contributed by atoms with van der Waals surface area (Å²) in [5.41, 5.74) is 0.902. The zero-order chi connectivity index (χ0) is 13.4. The van der Waals surface area contributed by atoms with Crippen LogP contribution in [0.25, 0.3) is 0 Å². The molecule has 0 heterocycles. The molecule has 0 radical (unpaired) electrons. The van der Waals surface area contributed by atoms with E-state index in [9.17, 15) is 8.42 Å². The van der Waals surface area contributed by atoms with Crippen LogP contribution in [0.5, 0.6) is 0 Å². The van der Waals surface area contributed by atoms with E-state index in [-0.39, 0.29) is 17.7 Å². The Morgan fingerprint density at radius 1 is 1.33 bits per heavy atom. The van der Waals surface area contributed by atoms with Crippen LogP contribution in [0.3, 0.4) is 0 Å². The molecular formula is C12H18ClNO3S. The van der Waals surface area contributed by atoms with Gasteiger partial charge in [-0.05, 0) is 12.0 Å². The van der Waals surface area contributed by atoms with Crippen molar-refractivity contribution in [1.29, 1.82) is 0 Å². The van der Waals surface area contributed by atoms with E-state index in [1.807, 2.05) is 30.3 Å². The number of hydrogen-bond acceptors (Lipinski definition) is 3. The minimum atomic E-state index is -3.27. The Hall–Kier alpha value is -0.620. The molecule has 1 aromatic rings. The summed E-state index contributed by atoms with van der Waals surface area (Å²) in [4.78, 5) is 0. The number of hydrogen-bond donors (Lipinski definition) is 1. The highest BCUT2D eigenvalue weighted by atomic mass is 35.5. The molecule has 18 heavy (non-hydrogen) atoms. The van der Waals surface area contributed by atoms with Gasteiger partial charge in [0.05, 0.1) is 11.1 Å². The smallest absolute Gasteiger partial charge is 0.211 e. The SMILES string of the molecule is COCCCS(=O)(=O)NCC(Cl)c1ccccc1. The van der Waals surface area contributed by atoms with Gasteiger partial charge < -0.3 is 4.74 Å². The van der Waals surface area contributed by atoms with Gasteiger partial charge in [0.15, 0.2) is 0 Å². The van der Waals surface area contributed by atoms with Crippen LogP contribution in [-0.4, -0.2) is 34.4 Å². The molecule has 1 aromatic carbocycles. The molecule has 0 aromatic heterocycles. The van der Waals surface area contributed by atoms with Crippen molar-refractivity contribution >= 4 is 21.6 Å². The quantitative estimate of drug-likeness (QED) is 0.588. The average Bonchev–Trinajstić information content (AvgIpc) is 2.37. The average molecular weight is 292 g/mol.